The molecule has 13 heteroatoms. The third-order valence-corrected chi connectivity index (χ3v) is 11.5. The minimum atomic E-state index is -1.70. The van der Waals surface area contributed by atoms with E-state index in [1.807, 2.05) is 87.5 Å². The minimum Gasteiger partial charge on any atom is -0.483 e. The molecule has 0 unspecified atom stereocenters. The Kier molecular flexibility index (Phi) is 12.5. The quantitative estimate of drug-likeness (QED) is 0.151. The molecule has 0 saturated carbocycles. The molecule has 54 heavy (non-hydrogen) atoms. The molecule has 2 aliphatic rings. The highest BCUT2D eigenvalue weighted by Gasteiger charge is 2.50. The van der Waals surface area contributed by atoms with E-state index in [4.69, 9.17) is 9.47 Å². The van der Waals surface area contributed by atoms with E-state index in [9.17, 15) is 24.3 Å². The van der Waals surface area contributed by atoms with Crippen LogP contribution in [0.5, 0.6) is 5.75 Å². The number of aliphatic hydroxyl groups is 1. The van der Waals surface area contributed by atoms with Gasteiger partial charge in [-0.15, -0.1) is 11.8 Å². The highest BCUT2D eigenvalue weighted by Crippen LogP contribution is 2.40. The van der Waals surface area contributed by atoms with Crippen molar-refractivity contribution < 1.29 is 33.8 Å². The molecule has 0 spiro atoms. The Morgan fingerprint density at radius 3 is 2.56 bits per heavy atom. The van der Waals surface area contributed by atoms with Gasteiger partial charge in [-0.1, -0.05) is 66.7 Å². The molecule has 4 amide bonds. The first kappa shape index (κ1) is 38.7. The predicted octanol–water partition coefficient (Wildman–Crippen LogP) is 3.53. The van der Waals surface area contributed by atoms with Gasteiger partial charge in [-0.05, 0) is 62.4 Å². The van der Waals surface area contributed by atoms with Gasteiger partial charge in [0.1, 0.15) is 17.8 Å². The van der Waals surface area contributed by atoms with E-state index in [-0.39, 0.29) is 37.3 Å². The van der Waals surface area contributed by atoms with Crippen LogP contribution < -0.4 is 20.7 Å². The lowest BCUT2D eigenvalue weighted by Gasteiger charge is -2.34. The van der Waals surface area contributed by atoms with Crippen molar-refractivity contribution in [3.8, 4) is 5.75 Å². The van der Waals surface area contributed by atoms with Crippen LogP contribution in [0.4, 0.5) is 0 Å². The third kappa shape index (κ3) is 9.20. The second kappa shape index (κ2) is 17.4. The number of nitrogens with one attached hydrogen (secondary N) is 3. The topological polar surface area (TPSA) is 159 Å². The maximum absolute atomic E-state index is 14.2. The zero-order valence-electron chi connectivity index (χ0n) is 30.7. The number of hydrogen-bond donors (Lipinski definition) is 4. The molecular weight excluding hydrogens is 707 g/mol. The number of aromatic nitrogens is 1. The monoisotopic (exact) mass is 753 g/mol. The third-order valence-electron chi connectivity index (χ3n) is 10.1. The van der Waals surface area contributed by atoms with Crippen molar-refractivity contribution in [3.05, 3.63) is 108 Å². The van der Waals surface area contributed by atoms with E-state index in [0.29, 0.717) is 25.3 Å². The van der Waals surface area contributed by atoms with E-state index in [1.165, 1.54) is 16.7 Å². The second-order valence-corrected chi connectivity index (χ2v) is 15.9. The summed E-state index contributed by atoms with van der Waals surface area (Å²) in [5.41, 5.74) is 2.78. The van der Waals surface area contributed by atoms with Gasteiger partial charge in [0.05, 0.1) is 18.5 Å². The Morgan fingerprint density at radius 1 is 1.02 bits per heavy atom. The van der Waals surface area contributed by atoms with Gasteiger partial charge < -0.3 is 35.4 Å². The molecular formula is C41H47N5O7S. The average molecular weight is 754 g/mol. The Balaban J connectivity index is 1.18. The number of fused-ring (bicyclic) bond motifs is 1. The molecule has 284 valence electrons. The zero-order chi connectivity index (χ0) is 38.2. The fraction of sp³-hybridized carbons (Fsp3) is 0.390. The highest BCUT2D eigenvalue weighted by atomic mass is 32.2. The molecule has 2 saturated heterocycles. The molecule has 12 nitrogen and oxygen atoms in total. The van der Waals surface area contributed by atoms with Crippen molar-refractivity contribution in [2.75, 3.05) is 25.7 Å². The Labute approximate surface area is 319 Å². The van der Waals surface area contributed by atoms with E-state index in [0.717, 1.165) is 27.5 Å². The molecule has 1 aromatic heterocycles. The highest BCUT2D eigenvalue weighted by molar-refractivity contribution is 8.00. The van der Waals surface area contributed by atoms with Crippen LogP contribution in [-0.4, -0.2) is 93.3 Å². The lowest BCUT2D eigenvalue weighted by atomic mass is 9.95. The summed E-state index contributed by atoms with van der Waals surface area (Å²) < 4.78 is 10.8. The zero-order valence-corrected chi connectivity index (χ0v) is 31.5. The van der Waals surface area contributed by atoms with Gasteiger partial charge in [0.25, 0.3) is 11.8 Å². The largest absolute Gasteiger partial charge is 0.483 e. The predicted molar refractivity (Wildman–Crippen MR) is 206 cm³/mol. The molecule has 3 heterocycles. The van der Waals surface area contributed by atoms with Gasteiger partial charge in [0, 0.05) is 47.0 Å². The van der Waals surface area contributed by atoms with Crippen LogP contribution in [0, 0.1) is 12.8 Å². The number of ether oxygens (including phenoxy) is 2. The van der Waals surface area contributed by atoms with Crippen molar-refractivity contribution >= 4 is 46.2 Å². The molecule has 0 aliphatic carbocycles. The van der Waals surface area contributed by atoms with Crippen LogP contribution in [-0.2, 0) is 36.9 Å². The lowest BCUT2D eigenvalue weighted by Crippen LogP contribution is -2.61. The maximum Gasteiger partial charge on any atom is 0.258 e. The number of carbonyl (C=O) groups excluding carboxylic acids is 4. The van der Waals surface area contributed by atoms with Gasteiger partial charge in [-0.2, -0.15) is 0 Å². The Bertz CT molecular complexity index is 1950. The number of nitrogens with zero attached hydrogens (tertiary/aromatic N) is 2. The van der Waals surface area contributed by atoms with Crippen LogP contribution in [0.15, 0.2) is 91.3 Å². The first-order valence-electron chi connectivity index (χ1n) is 18.1. The van der Waals surface area contributed by atoms with Crippen molar-refractivity contribution in [3.63, 3.8) is 0 Å². The standard InChI is InChI=1S/C41H47N5O7S/c1-26-10-7-8-13-28(26)22-43-39(50)37-41(2,3)54-25-46(37)40(51)36(48)32(20-27-11-5-4-6-12-27)44-38(49)35(30-17-19-52-23-30)45-34(47)24-53-33-15-9-14-29-21-42-18-16-31(29)33/h4-16,18,21,30,32,35-37,48H,17,19-20,22-25H2,1-3H3,(H,43,50)(H,44,49)(H,45,47)/t30-,32-,35-,36-,37+/m0/s1. The van der Waals surface area contributed by atoms with Crippen molar-refractivity contribution in [1.29, 1.82) is 0 Å². The first-order valence-corrected chi connectivity index (χ1v) is 19.1. The number of aryl methyl sites for hydroxylation is 1. The molecule has 4 aromatic rings. The number of carbonyl (C=O) groups is 4. The summed E-state index contributed by atoms with van der Waals surface area (Å²) in [5.74, 6) is -1.74. The lowest BCUT2D eigenvalue weighted by molar-refractivity contribution is -0.148. The molecule has 5 atom stereocenters. The fourth-order valence-electron chi connectivity index (χ4n) is 7.01. The number of pyridine rings is 1. The van der Waals surface area contributed by atoms with Crippen LogP contribution in [0.1, 0.15) is 37.0 Å². The molecule has 4 N–H and O–H groups in total. The van der Waals surface area contributed by atoms with Gasteiger partial charge in [0.2, 0.25) is 11.8 Å². The van der Waals surface area contributed by atoms with Crippen molar-refractivity contribution in [2.24, 2.45) is 5.92 Å². The van der Waals surface area contributed by atoms with Crippen LogP contribution in [0.2, 0.25) is 0 Å². The van der Waals surface area contributed by atoms with Gasteiger partial charge in [-0.3, -0.25) is 24.2 Å². The molecule has 0 bridgehead atoms. The van der Waals surface area contributed by atoms with Crippen LogP contribution in [0.25, 0.3) is 10.8 Å². The van der Waals surface area contributed by atoms with E-state index < -0.39 is 46.7 Å². The normalized spacial score (nSPS) is 19.4. The summed E-state index contributed by atoms with van der Waals surface area (Å²) in [7, 11) is 0. The summed E-state index contributed by atoms with van der Waals surface area (Å²) in [4.78, 5) is 61.0. The Morgan fingerprint density at radius 2 is 1.80 bits per heavy atom. The van der Waals surface area contributed by atoms with Gasteiger partial charge in [0.15, 0.2) is 12.7 Å². The SMILES string of the molecule is Cc1ccccc1CNC(=O)[C@H]1N(C(=O)[C@@H](O)[C@H](Cc2ccccc2)NC(=O)[C@@H](NC(=O)COc2cccc3cnccc23)[C@H]2CCOC2)CSC1(C)C. The van der Waals surface area contributed by atoms with Gasteiger partial charge >= 0.3 is 0 Å². The van der Waals surface area contributed by atoms with Crippen molar-refractivity contribution in [2.45, 2.75) is 69.1 Å². The number of thioether (sulfide) groups is 1. The summed E-state index contributed by atoms with van der Waals surface area (Å²) in [6.07, 6.45) is 2.30. The van der Waals surface area contributed by atoms with Crippen molar-refractivity contribution in [1.82, 2.24) is 25.8 Å². The average Bonchev–Trinajstić information content (AvgIpc) is 3.82. The number of rotatable bonds is 14. The number of aliphatic hydroxyl groups excluding tert-OH is 1. The van der Waals surface area contributed by atoms with E-state index >= 15 is 0 Å². The second-order valence-electron chi connectivity index (χ2n) is 14.3. The van der Waals surface area contributed by atoms with E-state index in [2.05, 4.69) is 20.9 Å². The minimum absolute atomic E-state index is 0.120. The van der Waals surface area contributed by atoms with Gasteiger partial charge in [-0.25, -0.2) is 0 Å². The summed E-state index contributed by atoms with van der Waals surface area (Å²) in [6, 6.07) is 21.2. The summed E-state index contributed by atoms with van der Waals surface area (Å²) >= 11 is 1.45. The van der Waals surface area contributed by atoms with Crippen LogP contribution >= 0.6 is 11.8 Å². The molecule has 2 aliphatic heterocycles. The molecule has 3 aromatic carbocycles. The Hall–Kier alpha value is -4.98. The summed E-state index contributed by atoms with van der Waals surface area (Å²) in [5, 5.41) is 22.2. The maximum atomic E-state index is 14.2. The molecule has 6 rings (SSSR count). The first-order chi connectivity index (χ1) is 26.0. The fourth-order valence-corrected chi connectivity index (χ4v) is 8.15. The number of benzene rings is 3. The number of hydrogen-bond acceptors (Lipinski definition) is 9. The summed E-state index contributed by atoms with van der Waals surface area (Å²) in [6.45, 7) is 6.39. The van der Waals surface area contributed by atoms with Crippen LogP contribution in [0.3, 0.4) is 0 Å². The molecule has 2 fully saturated rings. The number of amides is 4. The smallest absolute Gasteiger partial charge is 0.258 e. The van der Waals surface area contributed by atoms with E-state index in [1.54, 1.807) is 24.5 Å². The molecule has 0 radical (unpaired) electrons.